The number of carbonyl (C=O) groups excluding carboxylic acids is 2. The zero-order valence-electron chi connectivity index (χ0n) is 9.26. The number of hydrogen-bond acceptors (Lipinski definition) is 2. The summed E-state index contributed by atoms with van der Waals surface area (Å²) in [6.07, 6.45) is 0. The van der Waals surface area contributed by atoms with Crippen molar-refractivity contribution in [2.24, 2.45) is 5.41 Å². The highest BCUT2D eigenvalue weighted by Crippen LogP contribution is 2.19. The molecule has 1 aliphatic heterocycles. The van der Waals surface area contributed by atoms with Gasteiger partial charge in [-0.3, -0.25) is 9.59 Å². The molecule has 1 unspecified atom stereocenters. The van der Waals surface area contributed by atoms with Crippen molar-refractivity contribution in [2.45, 2.75) is 33.7 Å². The van der Waals surface area contributed by atoms with Gasteiger partial charge in [0.05, 0.1) is 0 Å². The Hall–Kier alpha value is -1.06. The zero-order chi connectivity index (χ0) is 10.9. The average Bonchev–Trinajstić information content (AvgIpc) is 2.07. The summed E-state index contributed by atoms with van der Waals surface area (Å²) in [5, 5.41) is 2.74. The van der Waals surface area contributed by atoms with Crippen molar-refractivity contribution in [1.29, 1.82) is 0 Å². The molecule has 0 radical (unpaired) electrons. The second-order valence-electron chi connectivity index (χ2n) is 4.72. The molecule has 1 heterocycles. The lowest BCUT2D eigenvalue weighted by atomic mass is 9.93. The molecule has 1 aliphatic rings. The largest absolute Gasteiger partial charge is 0.353 e. The van der Waals surface area contributed by atoms with Gasteiger partial charge in [-0.1, -0.05) is 20.8 Å². The van der Waals surface area contributed by atoms with E-state index in [1.165, 1.54) is 0 Å². The van der Waals surface area contributed by atoms with Gasteiger partial charge in [0.15, 0.2) is 0 Å². The minimum atomic E-state index is -0.411. The summed E-state index contributed by atoms with van der Waals surface area (Å²) in [4.78, 5) is 24.9. The van der Waals surface area contributed by atoms with E-state index >= 15 is 0 Å². The van der Waals surface area contributed by atoms with Crippen LogP contribution in [0.25, 0.3) is 0 Å². The number of carbonyl (C=O) groups is 2. The van der Waals surface area contributed by atoms with Crippen molar-refractivity contribution in [2.75, 3.05) is 13.1 Å². The summed E-state index contributed by atoms with van der Waals surface area (Å²) >= 11 is 0. The molecule has 4 nitrogen and oxygen atoms in total. The maximum Gasteiger partial charge on any atom is 0.242 e. The standard InChI is InChI=1S/C10H18N2O2/c1-7-8(13)11-5-6-12(7)9(14)10(2,3)4/h7H,5-6H2,1-4H3,(H,11,13). The lowest BCUT2D eigenvalue weighted by Gasteiger charge is -2.36. The molecule has 4 heteroatoms. The Balaban J connectivity index is 2.77. The quantitative estimate of drug-likeness (QED) is 0.611. The maximum atomic E-state index is 11.9. The lowest BCUT2D eigenvalue weighted by Crippen LogP contribution is -2.58. The van der Waals surface area contributed by atoms with Crippen LogP contribution < -0.4 is 5.32 Å². The Labute approximate surface area is 84.7 Å². The first-order chi connectivity index (χ1) is 6.34. The monoisotopic (exact) mass is 198 g/mol. The van der Waals surface area contributed by atoms with E-state index in [4.69, 9.17) is 0 Å². The highest BCUT2D eigenvalue weighted by molar-refractivity contribution is 5.90. The van der Waals surface area contributed by atoms with Crippen molar-refractivity contribution in [3.63, 3.8) is 0 Å². The molecule has 1 rings (SSSR count). The fraction of sp³-hybridized carbons (Fsp3) is 0.800. The summed E-state index contributed by atoms with van der Waals surface area (Å²) in [5.41, 5.74) is -0.411. The van der Waals surface area contributed by atoms with Crippen molar-refractivity contribution in [3.8, 4) is 0 Å². The molecule has 0 bridgehead atoms. The van der Waals surface area contributed by atoms with E-state index in [-0.39, 0.29) is 17.9 Å². The number of hydrogen-bond donors (Lipinski definition) is 1. The van der Waals surface area contributed by atoms with E-state index < -0.39 is 5.41 Å². The van der Waals surface area contributed by atoms with Crippen LogP contribution in [0.3, 0.4) is 0 Å². The Morgan fingerprint density at radius 1 is 1.50 bits per heavy atom. The maximum absolute atomic E-state index is 11.9. The normalized spacial score (nSPS) is 23.3. The van der Waals surface area contributed by atoms with Crippen molar-refractivity contribution in [3.05, 3.63) is 0 Å². The molecule has 0 spiro atoms. The van der Waals surface area contributed by atoms with Crippen LogP contribution in [-0.2, 0) is 9.59 Å². The van der Waals surface area contributed by atoms with Gasteiger partial charge < -0.3 is 10.2 Å². The van der Waals surface area contributed by atoms with Gasteiger partial charge in [-0.15, -0.1) is 0 Å². The van der Waals surface area contributed by atoms with Gasteiger partial charge in [0.25, 0.3) is 0 Å². The molecule has 0 saturated carbocycles. The van der Waals surface area contributed by atoms with Gasteiger partial charge in [0.1, 0.15) is 6.04 Å². The molecule has 0 aliphatic carbocycles. The summed E-state index contributed by atoms with van der Waals surface area (Å²) < 4.78 is 0. The Bertz CT molecular complexity index is 255. The van der Waals surface area contributed by atoms with E-state index in [2.05, 4.69) is 5.32 Å². The second-order valence-corrected chi connectivity index (χ2v) is 4.72. The first-order valence-electron chi connectivity index (χ1n) is 4.93. The summed E-state index contributed by atoms with van der Waals surface area (Å²) in [6.45, 7) is 8.55. The van der Waals surface area contributed by atoms with Gasteiger partial charge in [-0.05, 0) is 6.92 Å². The van der Waals surface area contributed by atoms with Crippen LogP contribution in [-0.4, -0.2) is 35.8 Å². The van der Waals surface area contributed by atoms with Crippen LogP contribution in [0, 0.1) is 5.41 Å². The number of amides is 2. The minimum Gasteiger partial charge on any atom is -0.353 e. The zero-order valence-corrected chi connectivity index (χ0v) is 9.26. The van der Waals surface area contributed by atoms with Crippen LogP contribution in [0.2, 0.25) is 0 Å². The number of nitrogens with one attached hydrogen (secondary N) is 1. The van der Waals surface area contributed by atoms with Crippen LogP contribution in [0.4, 0.5) is 0 Å². The Kier molecular flexibility index (Phi) is 2.83. The van der Waals surface area contributed by atoms with Crippen molar-refractivity contribution in [1.82, 2.24) is 10.2 Å². The highest BCUT2D eigenvalue weighted by atomic mass is 16.2. The molecule has 0 aromatic heterocycles. The van der Waals surface area contributed by atoms with E-state index in [0.29, 0.717) is 13.1 Å². The molecule has 1 N–H and O–H groups in total. The number of rotatable bonds is 0. The van der Waals surface area contributed by atoms with E-state index in [0.717, 1.165) is 0 Å². The van der Waals surface area contributed by atoms with Crippen molar-refractivity contribution < 1.29 is 9.59 Å². The van der Waals surface area contributed by atoms with Crippen molar-refractivity contribution >= 4 is 11.8 Å². The number of piperazine rings is 1. The summed E-state index contributed by atoms with van der Waals surface area (Å²) in [7, 11) is 0. The first-order valence-corrected chi connectivity index (χ1v) is 4.93. The first kappa shape index (κ1) is 11.0. The molecular weight excluding hydrogens is 180 g/mol. The molecule has 1 fully saturated rings. The minimum absolute atomic E-state index is 0.0415. The van der Waals surface area contributed by atoms with E-state index in [9.17, 15) is 9.59 Å². The predicted octanol–water partition coefficient (Wildman–Crippen LogP) is 0.379. The van der Waals surface area contributed by atoms with Crippen LogP contribution in [0.1, 0.15) is 27.7 Å². The fourth-order valence-electron chi connectivity index (χ4n) is 1.49. The molecule has 0 aromatic rings. The molecule has 2 amide bonds. The summed E-state index contributed by atoms with van der Waals surface area (Å²) in [5.74, 6) is -0.0197. The van der Waals surface area contributed by atoms with Gasteiger partial charge in [0, 0.05) is 18.5 Å². The second kappa shape index (κ2) is 3.59. The summed E-state index contributed by atoms with van der Waals surface area (Å²) in [6, 6.07) is -0.338. The molecule has 1 saturated heterocycles. The van der Waals surface area contributed by atoms with Crippen LogP contribution >= 0.6 is 0 Å². The highest BCUT2D eigenvalue weighted by Gasteiger charge is 2.34. The smallest absolute Gasteiger partial charge is 0.242 e. The van der Waals surface area contributed by atoms with E-state index in [1.54, 1.807) is 11.8 Å². The molecule has 1 atom stereocenters. The van der Waals surface area contributed by atoms with E-state index in [1.807, 2.05) is 20.8 Å². The third kappa shape index (κ3) is 2.05. The Morgan fingerprint density at radius 3 is 2.57 bits per heavy atom. The Morgan fingerprint density at radius 2 is 2.07 bits per heavy atom. The SMILES string of the molecule is CC1C(=O)NCCN1C(=O)C(C)(C)C. The molecular formula is C10H18N2O2. The molecule has 80 valence electrons. The third-order valence-electron chi connectivity index (χ3n) is 2.40. The number of nitrogens with zero attached hydrogens (tertiary/aromatic N) is 1. The van der Waals surface area contributed by atoms with Crippen LogP contribution in [0.5, 0.6) is 0 Å². The van der Waals surface area contributed by atoms with Gasteiger partial charge >= 0.3 is 0 Å². The van der Waals surface area contributed by atoms with Gasteiger partial charge in [-0.2, -0.15) is 0 Å². The topological polar surface area (TPSA) is 49.4 Å². The average molecular weight is 198 g/mol. The fourth-order valence-corrected chi connectivity index (χ4v) is 1.49. The molecule has 0 aromatic carbocycles. The lowest BCUT2D eigenvalue weighted by molar-refractivity contribution is -0.148. The van der Waals surface area contributed by atoms with Gasteiger partial charge in [0.2, 0.25) is 11.8 Å². The predicted molar refractivity (Wildman–Crippen MR) is 53.6 cm³/mol. The molecule has 14 heavy (non-hydrogen) atoms. The van der Waals surface area contributed by atoms with Gasteiger partial charge in [-0.25, -0.2) is 0 Å². The van der Waals surface area contributed by atoms with Crippen LogP contribution in [0.15, 0.2) is 0 Å². The third-order valence-corrected chi connectivity index (χ3v) is 2.40.